The minimum atomic E-state index is -5.00. The van der Waals surface area contributed by atoms with Gasteiger partial charge in [0, 0.05) is 25.7 Å². The van der Waals surface area contributed by atoms with Crippen molar-refractivity contribution in [3.8, 4) is 0 Å². The number of aliphatic hydroxyl groups is 1. The second-order valence-corrected chi connectivity index (χ2v) is 28.8. The van der Waals surface area contributed by atoms with E-state index in [2.05, 4.69) is 186 Å². The number of unbranched alkanes of at least 4 members (excludes halogenated alkanes) is 21. The van der Waals surface area contributed by atoms with E-state index in [-0.39, 0.29) is 25.7 Å². The number of phosphoric acid groups is 2. The van der Waals surface area contributed by atoms with Crippen LogP contribution >= 0.6 is 15.6 Å². The van der Waals surface area contributed by atoms with Gasteiger partial charge in [-0.25, -0.2) is 9.13 Å². The predicted octanol–water partition coefficient (Wildman–Crippen LogP) is 23.2. The topological polar surface area (TPSA) is 237 Å². The molecule has 0 aliphatic heterocycles. The van der Waals surface area contributed by atoms with Crippen LogP contribution in [0, 0.1) is 0 Å². The molecule has 104 heavy (non-hydrogen) atoms. The van der Waals surface area contributed by atoms with Gasteiger partial charge in [0.25, 0.3) is 0 Å². The molecule has 0 amide bonds. The van der Waals surface area contributed by atoms with Crippen LogP contribution in [0.4, 0.5) is 0 Å². The number of aliphatic hydroxyl groups excluding tert-OH is 1. The fourth-order valence-corrected chi connectivity index (χ4v) is 11.5. The van der Waals surface area contributed by atoms with Gasteiger partial charge in [0.2, 0.25) is 0 Å². The van der Waals surface area contributed by atoms with Crippen LogP contribution in [0.5, 0.6) is 0 Å². The lowest BCUT2D eigenvalue weighted by Crippen LogP contribution is -2.30. The summed E-state index contributed by atoms with van der Waals surface area (Å²) < 4.78 is 68.5. The van der Waals surface area contributed by atoms with Crippen molar-refractivity contribution in [2.75, 3.05) is 39.6 Å². The lowest BCUT2D eigenvalue weighted by molar-refractivity contribution is -0.161. The summed E-state index contributed by atoms with van der Waals surface area (Å²) in [5, 5.41) is 10.6. The molecule has 0 aliphatic carbocycles. The number of carbonyl (C=O) groups is 4. The van der Waals surface area contributed by atoms with Crippen molar-refractivity contribution in [3.63, 3.8) is 0 Å². The van der Waals surface area contributed by atoms with Crippen LogP contribution in [0.1, 0.15) is 297 Å². The standard InChI is InChI=1S/C85H140O17P2/c1-5-9-13-17-21-25-29-33-35-37-39-41-43-47-50-54-58-62-66-70-83(88)96-76-81(102-85(90)72-68-64-60-56-52-48-44-42-40-38-36-34-30-26-22-18-14-10-6-2)78-100-104(93,94)98-74-79(86)73-97-103(91,92)99-77-80(101-84(89)71-67-63-59-55-51-46-32-28-24-20-16-12-8-4)75-95-82(87)69-65-61-57-53-49-45-31-27-23-19-15-11-7-3/h9-10,13-15,19,21-22,25-28,31-36,39-42,47-48,50,52,79-81,86H,5-8,11-12,16-18,20,23-24,29-30,37-38,43-46,49,51,53-78H2,1-4H3,(H,91,92)(H,93,94)/b13-9-,14-10-,19-15-,25-21-,26-22-,31-27-,32-28-,35-33-,36-34-,41-39-,42-40-,50-47-,52-48-. The maximum absolute atomic E-state index is 13.1. The Hall–Kier alpha value is -5.32. The molecule has 0 aromatic carbocycles. The van der Waals surface area contributed by atoms with E-state index in [1.807, 2.05) is 0 Å². The Labute approximate surface area is 629 Å². The van der Waals surface area contributed by atoms with Crippen LogP contribution in [-0.4, -0.2) is 96.7 Å². The molecule has 5 atom stereocenters. The highest BCUT2D eigenvalue weighted by Gasteiger charge is 2.30. The number of ether oxygens (including phenoxy) is 4. The third-order valence-electron chi connectivity index (χ3n) is 15.9. The Bertz CT molecular complexity index is 2590. The molecule has 0 heterocycles. The van der Waals surface area contributed by atoms with E-state index in [1.165, 1.54) is 25.7 Å². The third-order valence-corrected chi connectivity index (χ3v) is 17.8. The van der Waals surface area contributed by atoms with Gasteiger partial charge >= 0.3 is 39.5 Å². The summed E-state index contributed by atoms with van der Waals surface area (Å²) in [6.07, 6.45) is 88.0. The first-order chi connectivity index (χ1) is 50.7. The lowest BCUT2D eigenvalue weighted by atomic mass is 10.1. The van der Waals surface area contributed by atoms with Gasteiger partial charge in [-0.3, -0.25) is 37.3 Å². The number of esters is 4. The van der Waals surface area contributed by atoms with Crippen LogP contribution in [0.25, 0.3) is 0 Å². The van der Waals surface area contributed by atoms with Crippen LogP contribution in [0.2, 0.25) is 0 Å². The van der Waals surface area contributed by atoms with Crippen molar-refractivity contribution in [1.29, 1.82) is 0 Å². The van der Waals surface area contributed by atoms with E-state index in [9.17, 15) is 43.2 Å². The molecule has 19 heteroatoms. The zero-order valence-electron chi connectivity index (χ0n) is 64.6. The smallest absolute Gasteiger partial charge is 0.462 e. The first-order valence-electron chi connectivity index (χ1n) is 39.7. The first kappa shape index (κ1) is 98.7. The Morgan fingerprint density at radius 1 is 0.279 bits per heavy atom. The molecule has 0 aliphatic rings. The maximum atomic E-state index is 13.1. The van der Waals surface area contributed by atoms with E-state index in [0.29, 0.717) is 25.7 Å². The van der Waals surface area contributed by atoms with Crippen LogP contribution in [0.15, 0.2) is 158 Å². The van der Waals surface area contributed by atoms with E-state index >= 15 is 0 Å². The Morgan fingerprint density at radius 2 is 0.519 bits per heavy atom. The average Bonchev–Trinajstić information content (AvgIpc) is 0.906. The normalized spacial score (nSPS) is 14.7. The van der Waals surface area contributed by atoms with E-state index < -0.39 is 97.5 Å². The second kappa shape index (κ2) is 75.9. The molecule has 3 N–H and O–H groups in total. The Kier molecular flexibility index (Phi) is 72.0. The van der Waals surface area contributed by atoms with Gasteiger partial charge in [-0.05, 0) is 167 Å². The van der Waals surface area contributed by atoms with Crippen molar-refractivity contribution < 1.29 is 80.2 Å². The molecule has 0 aromatic rings. The predicted molar refractivity (Wildman–Crippen MR) is 427 cm³/mol. The largest absolute Gasteiger partial charge is 0.472 e. The van der Waals surface area contributed by atoms with Gasteiger partial charge in [-0.2, -0.15) is 0 Å². The molecule has 592 valence electrons. The summed E-state index contributed by atoms with van der Waals surface area (Å²) in [5.74, 6) is -2.28. The summed E-state index contributed by atoms with van der Waals surface area (Å²) in [4.78, 5) is 73.0. The Balaban J connectivity index is 5.45. The van der Waals surface area contributed by atoms with Crippen molar-refractivity contribution >= 4 is 39.5 Å². The number of allylic oxidation sites excluding steroid dienone is 26. The quantitative estimate of drug-likeness (QED) is 0.0169. The van der Waals surface area contributed by atoms with Crippen LogP contribution in [-0.2, 0) is 65.4 Å². The minimum Gasteiger partial charge on any atom is -0.462 e. The molecule has 0 rings (SSSR count). The fourth-order valence-electron chi connectivity index (χ4n) is 9.95. The second-order valence-electron chi connectivity index (χ2n) is 25.9. The molecule has 0 bridgehead atoms. The SMILES string of the molecule is CC/C=C\C/C=C\C/C=C\C/C=C\C/C=C\CCCCCC(=O)OCC(COP(=O)(O)OCC(O)COP(=O)(O)OCC(COC(=O)CCCCCCC/C=C\C/C=C\CCC)OC(=O)CCCCCCC/C=C\CCCCCC)OC(=O)CCCCC/C=C\C/C=C\C/C=C\C/C=C\C/C=C\CC. The van der Waals surface area contributed by atoms with Gasteiger partial charge in [-0.1, -0.05) is 263 Å². The van der Waals surface area contributed by atoms with Gasteiger partial charge in [0.1, 0.15) is 19.3 Å². The summed E-state index contributed by atoms with van der Waals surface area (Å²) in [7, 11) is -9.99. The molecule has 0 spiro atoms. The maximum Gasteiger partial charge on any atom is 0.472 e. The van der Waals surface area contributed by atoms with Gasteiger partial charge in [0.15, 0.2) is 12.2 Å². The summed E-state index contributed by atoms with van der Waals surface area (Å²) in [6, 6.07) is 0. The number of phosphoric ester groups is 2. The lowest BCUT2D eigenvalue weighted by Gasteiger charge is -2.21. The van der Waals surface area contributed by atoms with Crippen molar-refractivity contribution in [3.05, 3.63) is 158 Å². The van der Waals surface area contributed by atoms with Crippen molar-refractivity contribution in [2.45, 2.75) is 316 Å². The highest BCUT2D eigenvalue weighted by molar-refractivity contribution is 7.47. The molecular formula is C85H140O17P2. The summed E-state index contributed by atoms with van der Waals surface area (Å²) in [6.45, 7) is 4.46. The molecule has 17 nitrogen and oxygen atoms in total. The summed E-state index contributed by atoms with van der Waals surface area (Å²) in [5.41, 5.74) is 0. The molecule has 0 radical (unpaired) electrons. The molecule has 5 unspecified atom stereocenters. The van der Waals surface area contributed by atoms with Crippen LogP contribution in [0.3, 0.4) is 0 Å². The monoisotopic (exact) mass is 1490 g/mol. The summed E-state index contributed by atoms with van der Waals surface area (Å²) >= 11 is 0. The fraction of sp³-hybridized carbons (Fsp3) is 0.647. The van der Waals surface area contributed by atoms with Crippen molar-refractivity contribution in [1.82, 2.24) is 0 Å². The number of hydrogen-bond acceptors (Lipinski definition) is 15. The number of rotatable bonds is 73. The van der Waals surface area contributed by atoms with Crippen molar-refractivity contribution in [2.24, 2.45) is 0 Å². The zero-order valence-corrected chi connectivity index (χ0v) is 66.4. The van der Waals surface area contributed by atoms with Gasteiger partial charge in [-0.15, -0.1) is 0 Å². The van der Waals surface area contributed by atoms with E-state index in [4.69, 9.17) is 37.0 Å². The molecule has 0 fully saturated rings. The van der Waals surface area contributed by atoms with Crippen LogP contribution < -0.4 is 0 Å². The third kappa shape index (κ3) is 74.9. The van der Waals surface area contributed by atoms with E-state index in [0.717, 1.165) is 193 Å². The molecule has 0 saturated heterocycles. The van der Waals surface area contributed by atoms with Gasteiger partial charge in [0.05, 0.1) is 26.4 Å². The zero-order chi connectivity index (χ0) is 76.0. The highest BCUT2D eigenvalue weighted by atomic mass is 31.2. The number of carbonyl (C=O) groups excluding carboxylic acids is 4. The molecule has 0 saturated carbocycles. The Morgan fingerprint density at radius 3 is 0.827 bits per heavy atom. The van der Waals surface area contributed by atoms with Gasteiger partial charge < -0.3 is 33.8 Å². The minimum absolute atomic E-state index is 0.0421. The average molecular weight is 1500 g/mol. The van der Waals surface area contributed by atoms with E-state index in [1.54, 1.807) is 0 Å². The molecular weight excluding hydrogens is 1350 g/mol. The highest BCUT2D eigenvalue weighted by Crippen LogP contribution is 2.45. The number of hydrogen-bond donors (Lipinski definition) is 3. The molecule has 0 aromatic heterocycles. The first-order valence-corrected chi connectivity index (χ1v) is 42.7.